The molecule has 0 saturated heterocycles. The molecular formula is C20H21ClF3NO6S2. The van der Waals surface area contributed by atoms with Gasteiger partial charge in [-0.1, -0.05) is 45.8 Å². The van der Waals surface area contributed by atoms with Crippen molar-refractivity contribution in [2.45, 2.75) is 19.4 Å². The van der Waals surface area contributed by atoms with E-state index in [-0.39, 0.29) is 22.4 Å². The van der Waals surface area contributed by atoms with Crippen LogP contribution in [0.25, 0.3) is 0 Å². The molecule has 0 amide bonds. The maximum atomic E-state index is 15.1. The fourth-order valence-electron chi connectivity index (χ4n) is 2.87. The fourth-order valence-corrected chi connectivity index (χ4v) is 5.14. The summed E-state index contributed by atoms with van der Waals surface area (Å²) < 4.78 is 93.1. The van der Waals surface area contributed by atoms with Crippen LogP contribution < -0.4 is 4.31 Å². The molecule has 7 nitrogen and oxygen atoms in total. The lowest BCUT2D eigenvalue weighted by atomic mass is 10.1. The normalized spacial score (nSPS) is 11.9. The zero-order chi connectivity index (χ0) is 24.6. The second-order valence-corrected chi connectivity index (χ2v) is 10.9. The average molecular weight is 528 g/mol. The second-order valence-electron chi connectivity index (χ2n) is 6.88. The van der Waals surface area contributed by atoms with E-state index < -0.39 is 74.4 Å². The molecule has 13 heteroatoms. The van der Waals surface area contributed by atoms with Crippen LogP contribution in [0.15, 0.2) is 42.5 Å². The summed E-state index contributed by atoms with van der Waals surface area (Å²) in [5, 5.41) is -0.390. The van der Waals surface area contributed by atoms with Crippen LogP contribution in [-0.2, 0) is 31.6 Å². The van der Waals surface area contributed by atoms with Crippen molar-refractivity contribution in [2.75, 3.05) is 29.0 Å². The number of halogens is 4. The van der Waals surface area contributed by atoms with Crippen LogP contribution in [0.4, 0.5) is 18.4 Å². The van der Waals surface area contributed by atoms with Crippen LogP contribution in [-0.4, -0.2) is 47.5 Å². The molecule has 0 fully saturated rings. The van der Waals surface area contributed by atoms with Gasteiger partial charge in [0.2, 0.25) is 0 Å². The maximum absolute atomic E-state index is 15.1. The zero-order valence-electron chi connectivity index (χ0n) is 17.2. The van der Waals surface area contributed by atoms with E-state index in [2.05, 4.69) is 0 Å². The summed E-state index contributed by atoms with van der Waals surface area (Å²) >= 11 is 5.90. The Hall–Kier alpha value is -2.31. The number of ether oxygens (including phenoxy) is 1. The van der Waals surface area contributed by atoms with Crippen molar-refractivity contribution < 1.29 is 39.0 Å². The highest BCUT2D eigenvalue weighted by atomic mass is 35.5. The zero-order valence-corrected chi connectivity index (χ0v) is 19.6. The molecule has 2 aromatic carbocycles. The van der Waals surface area contributed by atoms with Gasteiger partial charge in [0, 0.05) is 6.54 Å². The molecule has 0 spiro atoms. The number of nitrogens with zero attached hydrogens (tertiary/aromatic N) is 1. The van der Waals surface area contributed by atoms with Gasteiger partial charge in [-0.2, -0.15) is 8.42 Å². The minimum Gasteiger partial charge on any atom is -0.457 e. The standard InChI is InChI=1S/C20H21ClF3NO6S2/c21-16-8-9-17(19(23)18(16)20(26)31-14-15-6-2-1-3-7-15)25(33(24,29)30)11-5-13-32(27,28)12-4-10-22/h1-3,6-9H,4-5,10-14H2. The number of carbonyl (C=O) groups is 1. The van der Waals surface area contributed by atoms with E-state index in [4.69, 9.17) is 16.3 Å². The molecule has 0 saturated carbocycles. The third-order valence-corrected chi connectivity index (χ3v) is 7.47. The summed E-state index contributed by atoms with van der Waals surface area (Å²) in [6, 6.07) is 10.3. The molecule has 0 aromatic heterocycles. The summed E-state index contributed by atoms with van der Waals surface area (Å²) in [7, 11) is -9.25. The molecule has 0 aliphatic rings. The number of carbonyl (C=O) groups excluding carboxylic acids is 1. The topological polar surface area (TPSA) is 97.8 Å². The van der Waals surface area contributed by atoms with E-state index in [1.54, 1.807) is 30.3 Å². The predicted octanol–water partition coefficient (Wildman–Crippen LogP) is 4.02. The fraction of sp³-hybridized carbons (Fsp3) is 0.350. The monoisotopic (exact) mass is 527 g/mol. The lowest BCUT2D eigenvalue weighted by molar-refractivity contribution is 0.0467. The number of benzene rings is 2. The molecule has 0 aliphatic carbocycles. The average Bonchev–Trinajstić information content (AvgIpc) is 2.74. The van der Waals surface area contributed by atoms with E-state index >= 15 is 4.39 Å². The summed E-state index contributed by atoms with van der Waals surface area (Å²) in [5.74, 6) is -3.67. The Morgan fingerprint density at radius 2 is 1.64 bits per heavy atom. The summed E-state index contributed by atoms with van der Waals surface area (Å²) in [6.45, 7) is -1.81. The van der Waals surface area contributed by atoms with Gasteiger partial charge in [0.1, 0.15) is 22.0 Å². The highest BCUT2D eigenvalue weighted by Gasteiger charge is 2.29. The summed E-state index contributed by atoms with van der Waals surface area (Å²) in [6.07, 6.45) is -0.624. The Morgan fingerprint density at radius 1 is 1.00 bits per heavy atom. The maximum Gasteiger partial charge on any atom is 0.399 e. The molecule has 33 heavy (non-hydrogen) atoms. The summed E-state index contributed by atoms with van der Waals surface area (Å²) in [4.78, 5) is 12.4. The van der Waals surface area contributed by atoms with Gasteiger partial charge in [-0.3, -0.25) is 4.39 Å². The Balaban J connectivity index is 2.25. The van der Waals surface area contributed by atoms with Crippen molar-refractivity contribution in [3.8, 4) is 0 Å². The van der Waals surface area contributed by atoms with Crippen LogP contribution in [0.5, 0.6) is 0 Å². The minimum absolute atomic E-state index is 0.00267. The lowest BCUT2D eigenvalue weighted by Gasteiger charge is -2.21. The van der Waals surface area contributed by atoms with Crippen LogP contribution >= 0.6 is 11.6 Å². The van der Waals surface area contributed by atoms with Crippen molar-refractivity contribution in [1.29, 1.82) is 0 Å². The van der Waals surface area contributed by atoms with Crippen molar-refractivity contribution in [3.63, 3.8) is 0 Å². The van der Waals surface area contributed by atoms with Crippen LogP contribution in [0, 0.1) is 5.82 Å². The van der Waals surface area contributed by atoms with E-state index in [1.165, 1.54) is 0 Å². The van der Waals surface area contributed by atoms with Gasteiger partial charge in [-0.15, -0.1) is 0 Å². The number of sulfone groups is 1. The van der Waals surface area contributed by atoms with Gasteiger partial charge < -0.3 is 4.74 Å². The molecule has 0 bridgehead atoms. The Kier molecular flexibility index (Phi) is 9.56. The van der Waals surface area contributed by atoms with Gasteiger partial charge in [0.25, 0.3) is 0 Å². The van der Waals surface area contributed by atoms with Gasteiger partial charge in [0.15, 0.2) is 5.82 Å². The highest BCUT2D eigenvalue weighted by molar-refractivity contribution is 7.91. The number of rotatable bonds is 12. The first-order valence-corrected chi connectivity index (χ1v) is 13.2. The third kappa shape index (κ3) is 7.90. The van der Waals surface area contributed by atoms with Gasteiger partial charge >= 0.3 is 16.4 Å². The first-order valence-electron chi connectivity index (χ1n) is 9.64. The SMILES string of the molecule is O=C(OCc1ccccc1)c1c(Cl)ccc(N(CCCS(=O)(=O)CCCF)S(=O)(=O)F)c1F. The molecule has 0 aliphatic heterocycles. The number of anilines is 1. The lowest BCUT2D eigenvalue weighted by Crippen LogP contribution is -2.31. The van der Waals surface area contributed by atoms with Crippen molar-refractivity contribution >= 4 is 43.5 Å². The second kappa shape index (κ2) is 11.7. The Bertz CT molecular complexity index is 1180. The first-order chi connectivity index (χ1) is 15.5. The van der Waals surface area contributed by atoms with Gasteiger partial charge in [-0.25, -0.2) is 21.9 Å². The van der Waals surface area contributed by atoms with E-state index in [1.807, 2.05) is 0 Å². The quantitative estimate of drug-likeness (QED) is 0.305. The van der Waals surface area contributed by atoms with Gasteiger partial charge in [-0.05, 0) is 30.5 Å². The number of esters is 1. The van der Waals surface area contributed by atoms with E-state index in [0.717, 1.165) is 12.1 Å². The molecule has 2 rings (SSSR count). The predicted molar refractivity (Wildman–Crippen MR) is 118 cm³/mol. The molecule has 0 heterocycles. The van der Waals surface area contributed by atoms with Gasteiger partial charge in [0.05, 0.1) is 28.9 Å². The highest BCUT2D eigenvalue weighted by Crippen LogP contribution is 2.31. The molecule has 0 atom stereocenters. The van der Waals surface area contributed by atoms with E-state index in [0.29, 0.717) is 5.56 Å². The molecule has 2 aromatic rings. The Labute approximate surface area is 195 Å². The first kappa shape index (κ1) is 26.9. The van der Waals surface area contributed by atoms with Crippen LogP contribution in [0.3, 0.4) is 0 Å². The Morgan fingerprint density at radius 3 is 2.24 bits per heavy atom. The third-order valence-electron chi connectivity index (χ3n) is 4.43. The number of alkyl halides is 1. The molecular weight excluding hydrogens is 507 g/mol. The van der Waals surface area contributed by atoms with Crippen molar-refractivity contribution in [2.24, 2.45) is 0 Å². The summed E-state index contributed by atoms with van der Waals surface area (Å²) in [5.41, 5.74) is -1.04. The number of hydrogen-bond acceptors (Lipinski definition) is 6. The van der Waals surface area contributed by atoms with Crippen molar-refractivity contribution in [3.05, 3.63) is 64.4 Å². The number of hydrogen-bond donors (Lipinski definition) is 0. The molecule has 0 radical (unpaired) electrons. The van der Waals surface area contributed by atoms with Crippen LogP contribution in [0.1, 0.15) is 28.8 Å². The van der Waals surface area contributed by atoms with Crippen LogP contribution in [0.2, 0.25) is 5.02 Å². The van der Waals surface area contributed by atoms with E-state index in [9.17, 15) is 29.9 Å². The smallest absolute Gasteiger partial charge is 0.399 e. The van der Waals surface area contributed by atoms with Crippen molar-refractivity contribution in [1.82, 2.24) is 0 Å². The molecule has 0 unspecified atom stereocenters. The molecule has 182 valence electrons. The largest absolute Gasteiger partial charge is 0.457 e. The minimum atomic E-state index is -5.54. The molecule has 0 N–H and O–H groups in total.